The molecule has 1 unspecified atom stereocenters. The van der Waals surface area contributed by atoms with Gasteiger partial charge in [-0.1, -0.05) is 13.0 Å². The highest BCUT2D eigenvalue weighted by Gasteiger charge is 2.23. The van der Waals surface area contributed by atoms with Gasteiger partial charge in [0.15, 0.2) is 4.77 Å². The molecule has 5 heteroatoms. The van der Waals surface area contributed by atoms with Crippen LogP contribution in [0, 0.1) is 4.77 Å². The molecule has 0 amide bonds. The number of methoxy groups -OCH3 is 1. The number of hydrogen-bond acceptors (Lipinski definition) is 3. The summed E-state index contributed by atoms with van der Waals surface area (Å²) in [5.74, 6) is 0.857. The van der Waals surface area contributed by atoms with E-state index in [0.29, 0.717) is 6.04 Å². The molecule has 0 bridgehead atoms. The molecule has 1 aliphatic rings. The molecular formula is C15H21N3OS. The van der Waals surface area contributed by atoms with Crippen molar-refractivity contribution in [1.82, 2.24) is 14.5 Å². The van der Waals surface area contributed by atoms with E-state index in [1.807, 2.05) is 12.1 Å². The molecule has 0 spiro atoms. The number of fused-ring (bicyclic) bond motifs is 1. The Labute approximate surface area is 124 Å². The second kappa shape index (κ2) is 5.58. The molecule has 0 radical (unpaired) electrons. The summed E-state index contributed by atoms with van der Waals surface area (Å²) in [4.78, 5) is 5.81. The number of hydrogen-bond donors (Lipinski definition) is 1. The lowest BCUT2D eigenvalue weighted by molar-refractivity contribution is 0.187. The molecule has 1 atom stereocenters. The summed E-state index contributed by atoms with van der Waals surface area (Å²) in [6.07, 6.45) is 2.42. The van der Waals surface area contributed by atoms with Crippen molar-refractivity contribution in [2.45, 2.75) is 25.8 Å². The summed E-state index contributed by atoms with van der Waals surface area (Å²) < 4.78 is 8.50. The second-order valence-electron chi connectivity index (χ2n) is 5.34. The quantitative estimate of drug-likeness (QED) is 0.880. The first-order valence-corrected chi connectivity index (χ1v) is 7.65. The number of benzene rings is 1. The number of para-hydroxylation sites is 1. The van der Waals surface area contributed by atoms with Crippen LogP contribution in [0.5, 0.6) is 5.75 Å². The molecule has 1 aromatic heterocycles. The van der Waals surface area contributed by atoms with Crippen molar-refractivity contribution in [3.8, 4) is 5.75 Å². The van der Waals surface area contributed by atoms with Crippen LogP contribution in [-0.4, -0.2) is 41.2 Å². The van der Waals surface area contributed by atoms with Crippen molar-refractivity contribution in [1.29, 1.82) is 0 Å². The van der Waals surface area contributed by atoms with Crippen molar-refractivity contribution in [3.63, 3.8) is 0 Å². The molecule has 1 fully saturated rings. The van der Waals surface area contributed by atoms with E-state index in [0.717, 1.165) is 34.6 Å². The highest BCUT2D eigenvalue weighted by Crippen LogP contribution is 2.30. The van der Waals surface area contributed by atoms with Crippen LogP contribution in [0.1, 0.15) is 25.8 Å². The van der Waals surface area contributed by atoms with E-state index in [2.05, 4.69) is 27.4 Å². The zero-order valence-electron chi connectivity index (χ0n) is 12.1. The van der Waals surface area contributed by atoms with Crippen LogP contribution in [-0.2, 0) is 0 Å². The smallest absolute Gasteiger partial charge is 0.178 e. The number of aromatic amines is 1. The average Bonchev–Trinajstić information content (AvgIpc) is 2.83. The average molecular weight is 291 g/mol. The minimum Gasteiger partial charge on any atom is -0.494 e. The molecule has 1 N–H and O–H groups in total. The lowest BCUT2D eigenvalue weighted by atomic mass is 10.1. The number of piperidine rings is 1. The van der Waals surface area contributed by atoms with Gasteiger partial charge < -0.3 is 19.2 Å². The molecule has 4 nitrogen and oxygen atoms in total. The largest absolute Gasteiger partial charge is 0.494 e. The maximum absolute atomic E-state index is 5.55. The Kier molecular flexibility index (Phi) is 3.81. The number of likely N-dealkylation sites (tertiary alicyclic amines) is 1. The van der Waals surface area contributed by atoms with Gasteiger partial charge in [-0.25, -0.2) is 0 Å². The van der Waals surface area contributed by atoms with Gasteiger partial charge in [-0.05, 0) is 50.3 Å². The third-order valence-corrected chi connectivity index (χ3v) is 4.53. The fraction of sp³-hybridized carbons (Fsp3) is 0.533. The molecule has 1 aromatic carbocycles. The number of imidazole rings is 1. The summed E-state index contributed by atoms with van der Waals surface area (Å²) in [6, 6.07) is 6.57. The van der Waals surface area contributed by atoms with Gasteiger partial charge >= 0.3 is 0 Å². The van der Waals surface area contributed by atoms with E-state index in [-0.39, 0.29) is 0 Å². The summed E-state index contributed by atoms with van der Waals surface area (Å²) >= 11 is 5.55. The van der Waals surface area contributed by atoms with Gasteiger partial charge in [-0.2, -0.15) is 0 Å². The van der Waals surface area contributed by atoms with Gasteiger partial charge in [-0.15, -0.1) is 0 Å². The Balaban J connectivity index is 2.07. The molecule has 3 rings (SSSR count). The number of ether oxygens (including phenoxy) is 1. The third-order valence-electron chi connectivity index (χ3n) is 4.23. The molecule has 1 saturated heterocycles. The molecule has 1 aliphatic heterocycles. The first-order valence-electron chi connectivity index (χ1n) is 7.24. The standard InChI is InChI=1S/C15H21N3OS/c1-3-17-9-5-6-11(10-17)18-12-7-4-8-13(19-2)14(12)16-15(18)20/h4,7-8,11H,3,5-6,9-10H2,1-2H3,(H,16,20). The molecular weight excluding hydrogens is 270 g/mol. The van der Waals surface area contributed by atoms with Gasteiger partial charge in [0, 0.05) is 12.6 Å². The normalized spacial score (nSPS) is 20.4. The molecule has 2 heterocycles. The molecule has 108 valence electrons. The van der Waals surface area contributed by atoms with Crippen LogP contribution in [0.2, 0.25) is 0 Å². The Morgan fingerprint density at radius 3 is 3.05 bits per heavy atom. The molecule has 0 aliphatic carbocycles. The van der Waals surface area contributed by atoms with Crippen molar-refractivity contribution >= 4 is 23.3 Å². The highest BCUT2D eigenvalue weighted by molar-refractivity contribution is 7.71. The first-order chi connectivity index (χ1) is 9.74. The Morgan fingerprint density at radius 1 is 1.45 bits per heavy atom. The van der Waals surface area contributed by atoms with Gasteiger partial charge in [0.2, 0.25) is 0 Å². The Morgan fingerprint density at radius 2 is 2.30 bits per heavy atom. The Hall–Kier alpha value is -1.33. The van der Waals surface area contributed by atoms with Crippen LogP contribution in [0.25, 0.3) is 11.0 Å². The zero-order valence-corrected chi connectivity index (χ0v) is 12.9. The van der Waals surface area contributed by atoms with Crippen LogP contribution >= 0.6 is 12.2 Å². The number of rotatable bonds is 3. The SMILES string of the molecule is CCN1CCCC(n2c(=S)[nH]c3c(OC)cccc32)C1. The van der Waals surface area contributed by atoms with Crippen LogP contribution in [0.4, 0.5) is 0 Å². The Bertz CT molecular complexity index is 661. The lowest BCUT2D eigenvalue weighted by Crippen LogP contribution is -2.36. The summed E-state index contributed by atoms with van der Waals surface area (Å²) in [5.41, 5.74) is 2.16. The van der Waals surface area contributed by atoms with Crippen LogP contribution < -0.4 is 4.74 Å². The van der Waals surface area contributed by atoms with Gasteiger partial charge in [0.05, 0.1) is 12.6 Å². The maximum Gasteiger partial charge on any atom is 0.178 e. The minimum atomic E-state index is 0.456. The minimum absolute atomic E-state index is 0.456. The van der Waals surface area contributed by atoms with E-state index < -0.39 is 0 Å². The van der Waals surface area contributed by atoms with Crippen molar-refractivity contribution in [3.05, 3.63) is 23.0 Å². The lowest BCUT2D eigenvalue weighted by Gasteiger charge is -2.32. The van der Waals surface area contributed by atoms with E-state index >= 15 is 0 Å². The zero-order chi connectivity index (χ0) is 14.1. The van der Waals surface area contributed by atoms with E-state index in [4.69, 9.17) is 17.0 Å². The van der Waals surface area contributed by atoms with E-state index in [1.165, 1.54) is 19.4 Å². The number of H-pyrrole nitrogens is 1. The number of likely N-dealkylation sites (N-methyl/N-ethyl adjacent to an activating group) is 1. The fourth-order valence-electron chi connectivity index (χ4n) is 3.18. The van der Waals surface area contributed by atoms with Crippen molar-refractivity contribution in [2.24, 2.45) is 0 Å². The summed E-state index contributed by atoms with van der Waals surface area (Å²) in [5, 5.41) is 0. The summed E-state index contributed by atoms with van der Waals surface area (Å²) in [7, 11) is 1.70. The second-order valence-corrected chi connectivity index (χ2v) is 5.73. The van der Waals surface area contributed by atoms with Gasteiger partial charge in [0.25, 0.3) is 0 Å². The predicted molar refractivity (Wildman–Crippen MR) is 84.1 cm³/mol. The third kappa shape index (κ3) is 2.25. The predicted octanol–water partition coefficient (Wildman–Crippen LogP) is 3.36. The van der Waals surface area contributed by atoms with E-state index in [9.17, 15) is 0 Å². The molecule has 0 saturated carbocycles. The number of nitrogens with one attached hydrogen (secondary N) is 1. The molecule has 20 heavy (non-hydrogen) atoms. The first kappa shape index (κ1) is 13.6. The molecule has 2 aromatic rings. The van der Waals surface area contributed by atoms with Crippen LogP contribution in [0.3, 0.4) is 0 Å². The van der Waals surface area contributed by atoms with Crippen LogP contribution in [0.15, 0.2) is 18.2 Å². The monoisotopic (exact) mass is 291 g/mol. The fourth-order valence-corrected chi connectivity index (χ4v) is 3.53. The maximum atomic E-state index is 5.55. The van der Waals surface area contributed by atoms with E-state index in [1.54, 1.807) is 7.11 Å². The number of nitrogens with zero attached hydrogens (tertiary/aromatic N) is 2. The van der Waals surface area contributed by atoms with Crippen molar-refractivity contribution in [2.75, 3.05) is 26.7 Å². The topological polar surface area (TPSA) is 33.2 Å². The van der Waals surface area contributed by atoms with Gasteiger partial charge in [-0.3, -0.25) is 0 Å². The number of aromatic nitrogens is 2. The van der Waals surface area contributed by atoms with Crippen molar-refractivity contribution < 1.29 is 4.74 Å². The van der Waals surface area contributed by atoms with Gasteiger partial charge in [0.1, 0.15) is 11.3 Å². The highest BCUT2D eigenvalue weighted by atomic mass is 32.1. The summed E-state index contributed by atoms with van der Waals surface area (Å²) in [6.45, 7) is 5.61.